The summed E-state index contributed by atoms with van der Waals surface area (Å²) < 4.78 is 0. The zero-order valence-corrected chi connectivity index (χ0v) is 16.2. The first-order chi connectivity index (χ1) is 14.9. The van der Waals surface area contributed by atoms with Gasteiger partial charge in [-0.15, -0.1) is 0 Å². The monoisotopic (exact) mass is 376 g/mol. The number of hydrogen-bond donors (Lipinski definition) is 0. The molecule has 0 aliphatic heterocycles. The van der Waals surface area contributed by atoms with Gasteiger partial charge in [-0.2, -0.15) is 0 Å². The average molecular weight is 376 g/mol. The number of rotatable bonds is 0. The lowest BCUT2D eigenvalue weighted by atomic mass is 9.83. The lowest BCUT2D eigenvalue weighted by Gasteiger charge is -2.20. The van der Waals surface area contributed by atoms with E-state index in [-0.39, 0.29) is 0 Å². The fourth-order valence-electron chi connectivity index (χ4n) is 5.89. The molecule has 0 saturated heterocycles. The van der Waals surface area contributed by atoms with Gasteiger partial charge in [0.15, 0.2) is 0 Å². The normalized spacial score (nSPS) is 12.7. The highest BCUT2D eigenvalue weighted by Gasteiger charge is 2.19. The van der Waals surface area contributed by atoms with Gasteiger partial charge in [-0.05, 0) is 93.6 Å². The highest BCUT2D eigenvalue weighted by Crippen LogP contribution is 2.47. The summed E-state index contributed by atoms with van der Waals surface area (Å²) in [7, 11) is 0. The number of hydrogen-bond acceptors (Lipinski definition) is 0. The molecule has 0 fully saturated rings. The third-order valence-electron chi connectivity index (χ3n) is 7.07. The Kier molecular flexibility index (Phi) is 2.49. The van der Waals surface area contributed by atoms with Crippen molar-refractivity contribution in [2.24, 2.45) is 0 Å². The van der Waals surface area contributed by atoms with E-state index in [0.717, 1.165) is 0 Å². The van der Waals surface area contributed by atoms with Crippen LogP contribution in [0.2, 0.25) is 0 Å². The van der Waals surface area contributed by atoms with E-state index in [1.54, 1.807) is 0 Å². The second-order valence-electron chi connectivity index (χ2n) is 8.53. The van der Waals surface area contributed by atoms with E-state index in [4.69, 9.17) is 0 Å². The fourth-order valence-corrected chi connectivity index (χ4v) is 5.89. The molecule has 8 aromatic rings. The second-order valence-corrected chi connectivity index (χ2v) is 8.53. The van der Waals surface area contributed by atoms with Gasteiger partial charge in [-0.3, -0.25) is 0 Å². The maximum Gasteiger partial charge on any atom is -0.000763 e. The molecular weight excluding hydrogens is 360 g/mol. The summed E-state index contributed by atoms with van der Waals surface area (Å²) in [6.07, 6.45) is 0. The van der Waals surface area contributed by atoms with Gasteiger partial charge in [0.25, 0.3) is 0 Å². The maximum absolute atomic E-state index is 2.46. The Labute approximate surface area is 172 Å². The molecule has 0 aliphatic carbocycles. The molecule has 8 rings (SSSR count). The van der Waals surface area contributed by atoms with Crippen molar-refractivity contribution >= 4 is 75.4 Å². The molecule has 136 valence electrons. The smallest absolute Gasteiger partial charge is 0.000763 e. The van der Waals surface area contributed by atoms with Crippen molar-refractivity contribution < 1.29 is 0 Å². The van der Waals surface area contributed by atoms with E-state index < -0.39 is 0 Å². The molecule has 0 aliphatic rings. The number of fused-ring (bicyclic) bond motifs is 5. The molecule has 0 bridgehead atoms. The lowest BCUT2D eigenvalue weighted by molar-refractivity contribution is 1.79. The van der Waals surface area contributed by atoms with Crippen molar-refractivity contribution in [2.45, 2.75) is 0 Å². The molecule has 0 aromatic heterocycles. The molecule has 8 aromatic carbocycles. The summed E-state index contributed by atoms with van der Waals surface area (Å²) in [6.45, 7) is 0. The number of benzene rings is 8. The maximum atomic E-state index is 2.46. The van der Waals surface area contributed by atoms with E-state index >= 15 is 0 Å². The van der Waals surface area contributed by atoms with Crippen LogP contribution in [0.3, 0.4) is 0 Å². The first kappa shape index (κ1) is 15.0. The van der Waals surface area contributed by atoms with Crippen LogP contribution in [0.15, 0.2) is 97.1 Å². The van der Waals surface area contributed by atoms with Gasteiger partial charge in [-0.25, -0.2) is 0 Å². The van der Waals surface area contributed by atoms with Gasteiger partial charge in [0.2, 0.25) is 0 Å². The van der Waals surface area contributed by atoms with Crippen LogP contribution in [-0.2, 0) is 0 Å². The summed E-state index contributed by atoms with van der Waals surface area (Å²) in [5.41, 5.74) is 0. The van der Waals surface area contributed by atoms with Crippen LogP contribution in [-0.4, -0.2) is 0 Å². The van der Waals surface area contributed by atoms with Crippen molar-refractivity contribution in [1.82, 2.24) is 0 Å². The van der Waals surface area contributed by atoms with Gasteiger partial charge in [0.1, 0.15) is 0 Å². The predicted octanol–water partition coefficient (Wildman–Crippen LogP) is 8.63. The standard InChI is InChI=1S/C30H16/c1-2-8-21-17(6-1)14-19-12-13-20-15-18-7-5-11-24-22-9-3-4-10-23(22)26-16-25(21)28(19)29(20)30(26)27(18)24/h1-16H. The summed E-state index contributed by atoms with van der Waals surface area (Å²) >= 11 is 0. The molecule has 0 unspecified atom stereocenters. The van der Waals surface area contributed by atoms with Gasteiger partial charge in [0.05, 0.1) is 0 Å². The molecule has 0 N–H and O–H groups in total. The topological polar surface area (TPSA) is 0 Å². The summed E-state index contributed by atoms with van der Waals surface area (Å²) in [5, 5.41) is 19.1. The van der Waals surface area contributed by atoms with Crippen LogP contribution in [0, 0.1) is 0 Å². The van der Waals surface area contributed by atoms with Gasteiger partial charge in [0, 0.05) is 0 Å². The Bertz CT molecular complexity index is 1940. The van der Waals surface area contributed by atoms with Crippen molar-refractivity contribution in [2.75, 3.05) is 0 Å². The SMILES string of the molecule is c1ccc2c(c1)cc1ccc3cc4cccc5c6ccccc6c6cc2c1c3c6c45. The summed E-state index contributed by atoms with van der Waals surface area (Å²) in [4.78, 5) is 0. The first-order valence-corrected chi connectivity index (χ1v) is 10.5. The third-order valence-corrected chi connectivity index (χ3v) is 7.07. The molecule has 0 amide bonds. The van der Waals surface area contributed by atoms with Crippen molar-refractivity contribution in [3.05, 3.63) is 97.1 Å². The van der Waals surface area contributed by atoms with Crippen LogP contribution in [0.25, 0.3) is 75.4 Å². The minimum atomic E-state index is 1.31. The Hall–Kier alpha value is -3.90. The van der Waals surface area contributed by atoms with Crippen LogP contribution < -0.4 is 0 Å². The molecule has 0 saturated carbocycles. The minimum Gasteiger partial charge on any atom is -0.0616 e. The fraction of sp³-hybridized carbons (Fsp3) is 0. The van der Waals surface area contributed by atoms with Crippen LogP contribution in [0.1, 0.15) is 0 Å². The quantitative estimate of drug-likeness (QED) is 0.183. The highest BCUT2D eigenvalue weighted by molar-refractivity contribution is 6.43. The van der Waals surface area contributed by atoms with Crippen molar-refractivity contribution in [1.29, 1.82) is 0 Å². The Balaban J connectivity index is 1.86. The third kappa shape index (κ3) is 1.62. The molecule has 0 nitrogen and oxygen atoms in total. The van der Waals surface area contributed by atoms with Gasteiger partial charge in [-0.1, -0.05) is 78.9 Å². The average Bonchev–Trinajstić information content (AvgIpc) is 2.81. The highest BCUT2D eigenvalue weighted by atomic mass is 14.2. The molecule has 0 radical (unpaired) electrons. The van der Waals surface area contributed by atoms with Crippen LogP contribution >= 0.6 is 0 Å². The summed E-state index contributed by atoms with van der Waals surface area (Å²) in [6, 6.07) is 36.2. The van der Waals surface area contributed by atoms with E-state index in [9.17, 15) is 0 Å². The minimum absolute atomic E-state index is 1.31. The van der Waals surface area contributed by atoms with Crippen molar-refractivity contribution in [3.63, 3.8) is 0 Å². The first-order valence-electron chi connectivity index (χ1n) is 10.5. The largest absolute Gasteiger partial charge is 0.0616 e. The van der Waals surface area contributed by atoms with Gasteiger partial charge >= 0.3 is 0 Å². The van der Waals surface area contributed by atoms with Crippen molar-refractivity contribution in [3.8, 4) is 0 Å². The Morgan fingerprint density at radius 1 is 0.267 bits per heavy atom. The lowest BCUT2D eigenvalue weighted by Crippen LogP contribution is -1.91. The molecule has 0 heterocycles. The Morgan fingerprint density at radius 3 is 1.67 bits per heavy atom. The van der Waals surface area contributed by atoms with E-state index in [2.05, 4.69) is 97.1 Å². The molecule has 0 atom stereocenters. The van der Waals surface area contributed by atoms with E-state index in [1.807, 2.05) is 0 Å². The summed E-state index contributed by atoms with van der Waals surface area (Å²) in [5.74, 6) is 0. The molecule has 0 spiro atoms. The second kappa shape index (κ2) is 4.98. The molecular formula is C30H16. The van der Waals surface area contributed by atoms with Crippen LogP contribution in [0.4, 0.5) is 0 Å². The van der Waals surface area contributed by atoms with E-state index in [0.29, 0.717) is 0 Å². The zero-order chi connectivity index (χ0) is 19.4. The van der Waals surface area contributed by atoms with Gasteiger partial charge < -0.3 is 0 Å². The molecule has 0 heteroatoms. The molecule has 30 heavy (non-hydrogen) atoms. The predicted molar refractivity (Wildman–Crippen MR) is 131 cm³/mol. The van der Waals surface area contributed by atoms with Crippen LogP contribution in [0.5, 0.6) is 0 Å². The zero-order valence-electron chi connectivity index (χ0n) is 16.2. The Morgan fingerprint density at radius 2 is 0.800 bits per heavy atom. The van der Waals surface area contributed by atoms with E-state index in [1.165, 1.54) is 75.4 Å².